The van der Waals surface area contributed by atoms with E-state index in [2.05, 4.69) is 9.69 Å². The molecule has 0 bridgehead atoms. The number of anilines is 2. The molecule has 1 aliphatic rings. The van der Waals surface area contributed by atoms with Gasteiger partial charge in [-0.2, -0.15) is 0 Å². The Labute approximate surface area is 158 Å². The molecule has 1 saturated heterocycles. The van der Waals surface area contributed by atoms with E-state index in [1.807, 2.05) is 49.9 Å². The molecule has 1 amide bonds. The zero-order chi connectivity index (χ0) is 19.1. The van der Waals surface area contributed by atoms with E-state index in [-0.39, 0.29) is 17.3 Å². The SMILES string of the molecule is [C-]#[N+]c1ccc(N2C(=O)C(C)(C)N(c3ccc(C)cc3)C2=S)cc1[N+]#[C-]. The van der Waals surface area contributed by atoms with Crippen LogP contribution in [0.3, 0.4) is 0 Å². The van der Waals surface area contributed by atoms with Crippen molar-refractivity contribution in [3.63, 3.8) is 0 Å². The van der Waals surface area contributed by atoms with Crippen molar-refractivity contribution < 1.29 is 4.79 Å². The highest BCUT2D eigenvalue weighted by Crippen LogP contribution is 2.39. The van der Waals surface area contributed by atoms with Crippen LogP contribution in [-0.2, 0) is 4.79 Å². The Kier molecular flexibility index (Phi) is 4.23. The predicted octanol–water partition coefficient (Wildman–Crippen LogP) is 5.01. The van der Waals surface area contributed by atoms with E-state index >= 15 is 0 Å². The van der Waals surface area contributed by atoms with Crippen molar-refractivity contribution in [1.29, 1.82) is 0 Å². The summed E-state index contributed by atoms with van der Waals surface area (Å²) < 4.78 is 0. The van der Waals surface area contributed by atoms with Gasteiger partial charge >= 0.3 is 0 Å². The van der Waals surface area contributed by atoms with Crippen LogP contribution in [0.2, 0.25) is 0 Å². The average molecular weight is 360 g/mol. The molecule has 2 aromatic carbocycles. The minimum atomic E-state index is -0.858. The second-order valence-corrected chi connectivity index (χ2v) is 6.91. The normalized spacial score (nSPS) is 15.7. The Hall–Kier alpha value is -3.22. The first-order chi connectivity index (χ1) is 12.3. The van der Waals surface area contributed by atoms with Gasteiger partial charge in [-0.3, -0.25) is 19.4 Å². The van der Waals surface area contributed by atoms with Crippen LogP contribution in [0.25, 0.3) is 9.69 Å². The Morgan fingerprint density at radius 2 is 1.54 bits per heavy atom. The van der Waals surface area contributed by atoms with Gasteiger partial charge < -0.3 is 4.90 Å². The average Bonchev–Trinajstić information content (AvgIpc) is 2.80. The quantitative estimate of drug-likeness (QED) is 0.557. The third kappa shape index (κ3) is 2.61. The summed E-state index contributed by atoms with van der Waals surface area (Å²) in [5, 5.41) is 0.357. The Balaban J connectivity index is 2.09. The highest BCUT2D eigenvalue weighted by Gasteiger charge is 2.50. The number of hydrogen-bond acceptors (Lipinski definition) is 2. The van der Waals surface area contributed by atoms with Gasteiger partial charge in [0.1, 0.15) is 5.54 Å². The summed E-state index contributed by atoms with van der Waals surface area (Å²) in [6.45, 7) is 20.0. The maximum absolute atomic E-state index is 13.1. The molecule has 0 atom stereocenters. The standard InChI is InChI=1S/C20H16N4OS/c1-13-6-8-14(9-7-13)24-19(26)23(18(25)20(24,2)3)15-10-11-16(21-4)17(12-15)22-5/h6-12H,1-3H3. The van der Waals surface area contributed by atoms with Gasteiger partial charge in [0.2, 0.25) is 0 Å². The van der Waals surface area contributed by atoms with E-state index in [1.165, 1.54) is 4.90 Å². The van der Waals surface area contributed by atoms with E-state index in [4.69, 9.17) is 25.4 Å². The van der Waals surface area contributed by atoms with Gasteiger partial charge in [-0.15, -0.1) is 0 Å². The molecular weight excluding hydrogens is 344 g/mol. The van der Waals surface area contributed by atoms with Gasteiger partial charge in [0.15, 0.2) is 16.5 Å². The molecule has 6 heteroatoms. The molecule has 2 aromatic rings. The Bertz CT molecular complexity index is 996. The van der Waals surface area contributed by atoms with Crippen LogP contribution in [0, 0.1) is 20.1 Å². The fraction of sp³-hybridized carbons (Fsp3) is 0.200. The second-order valence-electron chi connectivity index (χ2n) is 6.55. The highest BCUT2D eigenvalue weighted by molar-refractivity contribution is 7.81. The summed E-state index contributed by atoms with van der Waals surface area (Å²) in [6.07, 6.45) is 0. The Morgan fingerprint density at radius 1 is 0.962 bits per heavy atom. The van der Waals surface area contributed by atoms with Gasteiger partial charge in [0, 0.05) is 11.4 Å². The van der Waals surface area contributed by atoms with Crippen molar-refractivity contribution in [2.24, 2.45) is 0 Å². The lowest BCUT2D eigenvalue weighted by Crippen LogP contribution is -2.44. The molecule has 26 heavy (non-hydrogen) atoms. The van der Waals surface area contributed by atoms with Crippen molar-refractivity contribution in [2.45, 2.75) is 26.3 Å². The number of aryl methyl sites for hydroxylation is 1. The predicted molar refractivity (Wildman–Crippen MR) is 107 cm³/mol. The zero-order valence-corrected chi connectivity index (χ0v) is 15.5. The van der Waals surface area contributed by atoms with Gasteiger partial charge in [-0.25, -0.2) is 0 Å². The van der Waals surface area contributed by atoms with Gasteiger partial charge in [-0.1, -0.05) is 29.8 Å². The summed E-state index contributed by atoms with van der Waals surface area (Å²) in [6, 6.07) is 12.6. The lowest BCUT2D eigenvalue weighted by Gasteiger charge is -2.29. The summed E-state index contributed by atoms with van der Waals surface area (Å²) in [5.41, 5.74) is 2.07. The molecule has 5 nitrogen and oxygen atoms in total. The third-order valence-corrected chi connectivity index (χ3v) is 4.78. The number of nitrogens with zero attached hydrogens (tertiary/aromatic N) is 4. The Morgan fingerprint density at radius 3 is 2.12 bits per heavy atom. The number of benzene rings is 2. The summed E-state index contributed by atoms with van der Waals surface area (Å²) >= 11 is 5.62. The molecule has 1 heterocycles. The first kappa shape index (κ1) is 17.6. The molecule has 0 spiro atoms. The molecule has 0 aliphatic carbocycles. The third-order valence-electron chi connectivity index (χ3n) is 4.42. The molecule has 0 unspecified atom stereocenters. The van der Waals surface area contributed by atoms with Gasteiger partial charge in [-0.05, 0) is 51.2 Å². The molecule has 0 saturated carbocycles. The number of rotatable bonds is 2. The van der Waals surface area contributed by atoms with Crippen molar-refractivity contribution in [3.8, 4) is 0 Å². The van der Waals surface area contributed by atoms with Crippen LogP contribution in [0.15, 0.2) is 42.5 Å². The topological polar surface area (TPSA) is 32.3 Å². The van der Waals surface area contributed by atoms with E-state index in [0.717, 1.165) is 11.3 Å². The number of hydrogen-bond donors (Lipinski definition) is 0. The fourth-order valence-electron chi connectivity index (χ4n) is 2.98. The van der Waals surface area contributed by atoms with Crippen molar-refractivity contribution >= 4 is 46.0 Å². The maximum atomic E-state index is 13.1. The molecule has 128 valence electrons. The first-order valence-corrected chi connectivity index (χ1v) is 8.36. The van der Waals surface area contributed by atoms with Crippen LogP contribution in [-0.4, -0.2) is 16.6 Å². The number of amides is 1. The van der Waals surface area contributed by atoms with Crippen LogP contribution < -0.4 is 9.80 Å². The molecule has 1 aliphatic heterocycles. The van der Waals surface area contributed by atoms with Crippen molar-refractivity contribution in [3.05, 3.63) is 70.9 Å². The highest BCUT2D eigenvalue weighted by atomic mass is 32.1. The van der Waals surface area contributed by atoms with Crippen molar-refractivity contribution in [1.82, 2.24) is 0 Å². The van der Waals surface area contributed by atoms with E-state index in [1.54, 1.807) is 18.2 Å². The summed E-state index contributed by atoms with van der Waals surface area (Å²) in [4.78, 5) is 23.1. The zero-order valence-electron chi connectivity index (χ0n) is 14.6. The monoisotopic (exact) mass is 360 g/mol. The largest absolute Gasteiger partial charge is 0.304 e. The second kappa shape index (κ2) is 6.25. The summed E-state index contributed by atoms with van der Waals surface area (Å²) in [5.74, 6) is -0.172. The van der Waals surface area contributed by atoms with Crippen molar-refractivity contribution in [2.75, 3.05) is 9.80 Å². The van der Waals surface area contributed by atoms with Gasteiger partial charge in [0.05, 0.1) is 13.1 Å². The van der Waals surface area contributed by atoms with Crippen LogP contribution in [0.1, 0.15) is 19.4 Å². The number of carbonyl (C=O) groups is 1. The van der Waals surface area contributed by atoms with Crippen LogP contribution in [0.4, 0.5) is 22.7 Å². The minimum Gasteiger partial charge on any atom is -0.304 e. The van der Waals surface area contributed by atoms with E-state index < -0.39 is 5.54 Å². The van der Waals surface area contributed by atoms with Crippen LogP contribution in [0.5, 0.6) is 0 Å². The molecule has 3 rings (SSSR count). The first-order valence-electron chi connectivity index (χ1n) is 7.95. The fourth-order valence-corrected chi connectivity index (χ4v) is 3.51. The van der Waals surface area contributed by atoms with Gasteiger partial charge in [0.25, 0.3) is 5.91 Å². The smallest absolute Gasteiger partial charge is 0.259 e. The molecule has 1 fully saturated rings. The molecule has 0 radical (unpaired) electrons. The van der Waals surface area contributed by atoms with E-state index in [9.17, 15) is 4.79 Å². The molecule has 0 N–H and O–H groups in total. The summed E-state index contributed by atoms with van der Waals surface area (Å²) in [7, 11) is 0. The number of carbonyl (C=O) groups excluding carboxylic acids is 1. The molecular formula is C20H16N4OS. The lowest BCUT2D eigenvalue weighted by atomic mass is 10.0. The lowest BCUT2D eigenvalue weighted by molar-refractivity contribution is -0.120. The van der Waals surface area contributed by atoms with Crippen LogP contribution >= 0.6 is 12.2 Å². The minimum absolute atomic E-state index is 0.172. The maximum Gasteiger partial charge on any atom is 0.259 e. The molecule has 0 aromatic heterocycles. The van der Waals surface area contributed by atoms with E-state index in [0.29, 0.717) is 10.8 Å². The number of thiocarbonyl (C=S) groups is 1.